The number of aliphatic carboxylic acids is 1. The molecule has 5 heteroatoms. The van der Waals surface area contributed by atoms with Crippen molar-refractivity contribution in [2.75, 3.05) is 0 Å². The number of fused-ring (bicyclic) bond motifs is 1. The summed E-state index contributed by atoms with van der Waals surface area (Å²) in [6, 6.07) is 6.12. The van der Waals surface area contributed by atoms with Gasteiger partial charge in [0, 0.05) is 12.5 Å². The van der Waals surface area contributed by atoms with Crippen LogP contribution in [0.1, 0.15) is 74.0 Å². The molecule has 2 N–H and O–H groups in total. The normalized spacial score (nSPS) is 37.2. The molecule has 1 amide bonds. The predicted octanol–water partition coefficient (Wildman–Crippen LogP) is 4.16. The van der Waals surface area contributed by atoms with Crippen LogP contribution in [0.3, 0.4) is 0 Å². The third kappa shape index (κ3) is 3.47. The van der Waals surface area contributed by atoms with E-state index in [1.807, 2.05) is 18.2 Å². The molecule has 6 atom stereocenters. The first-order valence-electron chi connectivity index (χ1n) is 11.2. The van der Waals surface area contributed by atoms with Crippen LogP contribution in [0.4, 0.5) is 4.39 Å². The number of nitrogens with one attached hydrogen (secondary N) is 1. The highest BCUT2D eigenvalue weighted by atomic mass is 19.1. The van der Waals surface area contributed by atoms with Crippen molar-refractivity contribution in [3.63, 3.8) is 0 Å². The van der Waals surface area contributed by atoms with E-state index in [9.17, 15) is 14.0 Å². The van der Waals surface area contributed by atoms with Crippen LogP contribution in [-0.2, 0) is 22.4 Å². The number of carboxylic acids is 1. The lowest BCUT2D eigenvalue weighted by molar-refractivity contribution is -0.137. The van der Waals surface area contributed by atoms with Gasteiger partial charge in [0.05, 0.1) is 5.92 Å². The van der Waals surface area contributed by atoms with Gasteiger partial charge in [0.1, 0.15) is 5.67 Å². The summed E-state index contributed by atoms with van der Waals surface area (Å²) < 4.78 is 15.0. The Morgan fingerprint density at radius 2 is 1.93 bits per heavy atom. The highest BCUT2D eigenvalue weighted by molar-refractivity contribution is 5.85. The molecule has 6 rings (SSSR count). The van der Waals surface area contributed by atoms with Gasteiger partial charge in [-0.1, -0.05) is 18.2 Å². The topological polar surface area (TPSA) is 66.4 Å². The van der Waals surface area contributed by atoms with Crippen LogP contribution in [0.2, 0.25) is 0 Å². The van der Waals surface area contributed by atoms with Crippen LogP contribution in [0.5, 0.6) is 0 Å². The Kier molecular flexibility index (Phi) is 4.67. The van der Waals surface area contributed by atoms with E-state index in [0.29, 0.717) is 37.0 Å². The van der Waals surface area contributed by atoms with Crippen molar-refractivity contribution in [1.82, 2.24) is 5.32 Å². The number of carboxylic acid groups (broad SMARTS) is 1. The Balaban J connectivity index is 1.33. The lowest BCUT2D eigenvalue weighted by Gasteiger charge is -2.57. The van der Waals surface area contributed by atoms with Crippen molar-refractivity contribution in [2.24, 2.45) is 17.8 Å². The molecular weight excluding hydrogens is 369 g/mol. The summed E-state index contributed by atoms with van der Waals surface area (Å²) in [7, 11) is 0. The van der Waals surface area contributed by atoms with E-state index in [4.69, 9.17) is 5.11 Å². The first kappa shape index (κ1) is 19.1. The summed E-state index contributed by atoms with van der Waals surface area (Å²) in [4.78, 5) is 24.3. The zero-order valence-corrected chi connectivity index (χ0v) is 16.8. The molecule has 0 heterocycles. The maximum absolute atomic E-state index is 15.0. The van der Waals surface area contributed by atoms with Gasteiger partial charge in [-0.05, 0) is 92.2 Å². The van der Waals surface area contributed by atoms with Gasteiger partial charge in [-0.2, -0.15) is 0 Å². The molecular formula is C24H30FNO3. The Labute approximate surface area is 171 Å². The maximum Gasteiger partial charge on any atom is 0.303 e. The lowest BCUT2D eigenvalue weighted by Crippen LogP contribution is -2.60. The summed E-state index contributed by atoms with van der Waals surface area (Å²) in [5.74, 6) is 0.227. The van der Waals surface area contributed by atoms with Crippen molar-refractivity contribution < 1.29 is 19.1 Å². The Morgan fingerprint density at radius 3 is 2.62 bits per heavy atom. The van der Waals surface area contributed by atoms with E-state index in [1.165, 1.54) is 5.56 Å². The van der Waals surface area contributed by atoms with E-state index in [0.717, 1.165) is 49.7 Å². The number of rotatable bonds is 5. The van der Waals surface area contributed by atoms with E-state index < -0.39 is 11.6 Å². The average molecular weight is 400 g/mol. The molecule has 0 radical (unpaired) electrons. The van der Waals surface area contributed by atoms with Crippen LogP contribution < -0.4 is 5.32 Å². The first-order chi connectivity index (χ1) is 13.9. The lowest BCUT2D eigenvalue weighted by atomic mass is 9.53. The quantitative estimate of drug-likeness (QED) is 0.781. The molecule has 29 heavy (non-hydrogen) atoms. The highest BCUT2D eigenvalue weighted by Gasteiger charge is 2.56. The van der Waals surface area contributed by atoms with Crippen LogP contribution in [0.15, 0.2) is 18.2 Å². The molecule has 1 aromatic rings. The van der Waals surface area contributed by atoms with Gasteiger partial charge >= 0.3 is 5.97 Å². The minimum absolute atomic E-state index is 0.0896. The zero-order valence-electron chi connectivity index (χ0n) is 16.8. The molecule has 0 spiro atoms. The fraction of sp³-hybridized carbons (Fsp3) is 0.667. The number of carbonyl (C=O) groups excluding carboxylic acids is 1. The molecule has 4 nitrogen and oxygen atoms in total. The summed E-state index contributed by atoms with van der Waals surface area (Å²) in [6.07, 6.45) is 7.41. The maximum atomic E-state index is 15.0. The SMILES string of the molecule is O=C(O)CCc1cccc2c1CCCC2C(=O)N[C@H]1[C@@H]2CC3C[C@H]1C[C@](F)(C3)C2. The smallest absolute Gasteiger partial charge is 0.303 e. The van der Waals surface area contributed by atoms with Crippen LogP contribution in [0.25, 0.3) is 0 Å². The van der Waals surface area contributed by atoms with E-state index in [1.54, 1.807) is 0 Å². The number of aryl methyl sites for hydroxylation is 1. The monoisotopic (exact) mass is 399 g/mol. The van der Waals surface area contributed by atoms with Crippen molar-refractivity contribution in [2.45, 2.75) is 81.8 Å². The largest absolute Gasteiger partial charge is 0.481 e. The fourth-order valence-electron chi connectivity index (χ4n) is 7.10. The first-order valence-corrected chi connectivity index (χ1v) is 11.2. The van der Waals surface area contributed by atoms with Gasteiger partial charge in [-0.25, -0.2) is 4.39 Å². The minimum atomic E-state index is -0.978. The fourth-order valence-corrected chi connectivity index (χ4v) is 7.10. The third-order valence-corrected chi connectivity index (χ3v) is 8.04. The molecule has 2 unspecified atom stereocenters. The number of halogens is 1. The van der Waals surface area contributed by atoms with Gasteiger partial charge < -0.3 is 10.4 Å². The summed E-state index contributed by atoms with van der Waals surface area (Å²) in [5, 5.41) is 12.4. The second kappa shape index (κ2) is 7.10. The van der Waals surface area contributed by atoms with Gasteiger partial charge in [-0.15, -0.1) is 0 Å². The Morgan fingerprint density at radius 1 is 1.17 bits per heavy atom. The second-order valence-corrected chi connectivity index (χ2v) is 9.98. The molecule has 4 fully saturated rings. The number of benzene rings is 1. The summed E-state index contributed by atoms with van der Waals surface area (Å²) in [6.45, 7) is 0. The number of hydrogen-bond acceptors (Lipinski definition) is 2. The van der Waals surface area contributed by atoms with Gasteiger partial charge in [0.15, 0.2) is 0 Å². The number of hydrogen-bond donors (Lipinski definition) is 2. The Bertz CT molecular complexity index is 821. The number of carbonyl (C=O) groups is 2. The summed E-state index contributed by atoms with van der Waals surface area (Å²) >= 11 is 0. The molecule has 1 aromatic carbocycles. The van der Waals surface area contributed by atoms with E-state index in [-0.39, 0.29) is 24.3 Å². The van der Waals surface area contributed by atoms with E-state index in [2.05, 4.69) is 5.32 Å². The van der Waals surface area contributed by atoms with E-state index >= 15 is 0 Å². The zero-order chi connectivity index (χ0) is 20.2. The number of amides is 1. The molecule has 4 bridgehead atoms. The number of alkyl halides is 1. The van der Waals surface area contributed by atoms with Gasteiger partial charge in [0.25, 0.3) is 0 Å². The second-order valence-electron chi connectivity index (χ2n) is 9.98. The van der Waals surface area contributed by atoms with Crippen molar-refractivity contribution in [3.05, 3.63) is 34.9 Å². The standard InChI is InChI=1S/C24H30FNO3/c25-24-11-14-9-16(12-24)22(17(10-14)13-24)26-23(29)20-6-2-4-18-15(7-8-21(27)28)3-1-5-19(18)20/h1,3,5,14,16-17,20,22H,2,4,6-13H2,(H,26,29)(H,27,28)/t14?,16-,17+,20?,22+,24+. The molecule has 156 valence electrons. The van der Waals surface area contributed by atoms with Crippen molar-refractivity contribution >= 4 is 11.9 Å². The molecule has 5 aliphatic carbocycles. The average Bonchev–Trinajstić information content (AvgIpc) is 2.67. The van der Waals surface area contributed by atoms with Crippen LogP contribution in [0, 0.1) is 17.8 Å². The summed E-state index contributed by atoms with van der Waals surface area (Å²) in [5.41, 5.74) is 2.33. The Hall–Kier alpha value is -1.91. The van der Waals surface area contributed by atoms with Crippen molar-refractivity contribution in [3.8, 4) is 0 Å². The molecule has 0 aliphatic heterocycles. The molecule has 0 saturated heterocycles. The molecule has 4 saturated carbocycles. The van der Waals surface area contributed by atoms with Gasteiger partial charge in [-0.3, -0.25) is 9.59 Å². The molecule has 5 aliphatic rings. The van der Waals surface area contributed by atoms with Crippen LogP contribution >= 0.6 is 0 Å². The highest BCUT2D eigenvalue weighted by Crippen LogP contribution is 2.57. The third-order valence-electron chi connectivity index (χ3n) is 8.04. The van der Waals surface area contributed by atoms with Crippen molar-refractivity contribution in [1.29, 1.82) is 0 Å². The predicted molar refractivity (Wildman–Crippen MR) is 107 cm³/mol. The molecule has 0 aromatic heterocycles. The van der Waals surface area contributed by atoms with Gasteiger partial charge in [0.2, 0.25) is 5.91 Å². The minimum Gasteiger partial charge on any atom is -0.481 e. The van der Waals surface area contributed by atoms with Crippen LogP contribution in [-0.4, -0.2) is 28.7 Å².